The van der Waals surface area contributed by atoms with Crippen LogP contribution in [0.4, 0.5) is 11.9 Å². The molecule has 0 spiro atoms. The summed E-state index contributed by atoms with van der Waals surface area (Å²) in [6.45, 7) is 0. The van der Waals surface area contributed by atoms with Crippen molar-refractivity contribution >= 4 is 34.0 Å². The molecule has 0 atom stereocenters. The van der Waals surface area contributed by atoms with Gasteiger partial charge in [-0.2, -0.15) is 0 Å². The quantitative estimate of drug-likeness (QED) is 0.272. The number of hydrogen-bond acceptors (Lipinski definition) is 8. The lowest BCUT2D eigenvalue weighted by molar-refractivity contribution is -0.672. The van der Waals surface area contributed by atoms with Gasteiger partial charge in [-0.3, -0.25) is 11.5 Å². The van der Waals surface area contributed by atoms with Crippen molar-refractivity contribution in [3.63, 3.8) is 0 Å². The zero-order chi connectivity index (χ0) is 18.8. The minimum Gasteiger partial charge on any atom is -0.739 e. The summed E-state index contributed by atoms with van der Waals surface area (Å²) in [7, 11) is 0. The first-order valence-electron chi connectivity index (χ1n) is 7.15. The number of benzene rings is 2. The van der Waals surface area contributed by atoms with Crippen molar-refractivity contribution in [2.75, 3.05) is 11.5 Å². The van der Waals surface area contributed by atoms with Crippen LogP contribution >= 0.6 is 0 Å². The molecule has 2 heterocycles. The van der Waals surface area contributed by atoms with Gasteiger partial charge in [-0.15, -0.1) is 0 Å². The highest BCUT2D eigenvalue weighted by molar-refractivity contribution is 5.67. The lowest BCUT2D eigenvalue weighted by atomic mass is 10.3. The molecule has 0 aliphatic heterocycles. The third-order valence-corrected chi connectivity index (χ3v) is 3.42. The Hall–Kier alpha value is -4.22. The Bertz CT molecular complexity index is 1030. The number of para-hydroxylation sites is 4. The summed E-state index contributed by atoms with van der Waals surface area (Å²) in [4.78, 5) is 0.665. The third kappa shape index (κ3) is 2.82. The number of hydrogen-bond donors (Lipinski definition) is 2. The Kier molecular flexibility index (Phi) is 4.06. The number of nitrogens with two attached hydrogens (primary N) is 2. The van der Waals surface area contributed by atoms with Gasteiger partial charge in [0.15, 0.2) is 11.0 Å². The predicted molar refractivity (Wildman–Crippen MR) is 88.2 cm³/mol. The van der Waals surface area contributed by atoms with E-state index in [2.05, 4.69) is 10.2 Å². The summed E-state index contributed by atoms with van der Waals surface area (Å²) in [6.07, 6.45) is 0. The normalized spacial score (nSPS) is 10.5. The summed E-state index contributed by atoms with van der Waals surface area (Å²) in [5.74, 6) is -0.706. The zero-order valence-corrected chi connectivity index (χ0v) is 13.1. The average Bonchev–Trinajstić information content (AvgIpc) is 2.65. The first-order valence-corrected chi connectivity index (χ1v) is 7.15. The Balaban J connectivity index is 0.000000151. The number of anilines is 2. The highest BCUT2D eigenvalue weighted by Gasteiger charge is 2.16. The summed E-state index contributed by atoms with van der Waals surface area (Å²) in [5.41, 5.74) is 11.2. The molecule has 26 heavy (non-hydrogen) atoms. The summed E-state index contributed by atoms with van der Waals surface area (Å²) < 4.78 is 0.841. The van der Waals surface area contributed by atoms with Gasteiger partial charge in [-0.05, 0) is 12.1 Å². The highest BCUT2D eigenvalue weighted by Crippen LogP contribution is 2.04. The maximum absolute atomic E-state index is 11.3. The summed E-state index contributed by atoms with van der Waals surface area (Å²) >= 11 is 0. The molecule has 132 valence electrons. The lowest BCUT2D eigenvalue weighted by Crippen LogP contribution is -2.44. The molecule has 2 aromatic heterocycles. The van der Waals surface area contributed by atoms with Gasteiger partial charge in [-0.1, -0.05) is 24.3 Å². The largest absolute Gasteiger partial charge is 0.739 e. The van der Waals surface area contributed by atoms with Crippen molar-refractivity contribution < 1.29 is 19.2 Å². The van der Waals surface area contributed by atoms with Crippen LogP contribution in [0.15, 0.2) is 48.5 Å². The van der Waals surface area contributed by atoms with Gasteiger partial charge in [0.1, 0.15) is 0 Å². The molecule has 0 bridgehead atoms. The number of nitrogen functional groups attached to an aromatic ring is 2. The van der Waals surface area contributed by atoms with Crippen LogP contribution < -0.4 is 30.6 Å². The van der Waals surface area contributed by atoms with E-state index in [1.165, 1.54) is 24.3 Å². The van der Waals surface area contributed by atoms with Crippen molar-refractivity contribution in [1.82, 2.24) is 10.2 Å². The van der Waals surface area contributed by atoms with Gasteiger partial charge in [0.25, 0.3) is 11.0 Å². The molecular formula is C14H12N8O4. The molecule has 0 amide bonds. The third-order valence-electron chi connectivity index (χ3n) is 3.42. The molecule has 0 aliphatic carbocycles. The van der Waals surface area contributed by atoms with Crippen LogP contribution in [-0.4, -0.2) is 10.2 Å². The summed E-state index contributed by atoms with van der Waals surface area (Å²) in [6, 6.07) is 12.6. The van der Waals surface area contributed by atoms with Crippen LogP contribution in [0.25, 0.3) is 22.1 Å². The second-order valence-corrected chi connectivity index (χ2v) is 5.03. The van der Waals surface area contributed by atoms with E-state index in [-0.39, 0.29) is 34.0 Å². The van der Waals surface area contributed by atoms with Gasteiger partial charge in [0.2, 0.25) is 10.2 Å². The van der Waals surface area contributed by atoms with Crippen LogP contribution in [-0.2, 0) is 0 Å². The second-order valence-electron chi connectivity index (χ2n) is 5.03. The van der Waals surface area contributed by atoms with Gasteiger partial charge in [0.05, 0.1) is 0 Å². The Labute approximate surface area is 145 Å². The molecule has 0 fully saturated rings. The number of nitrogens with zero attached hydrogens (tertiary/aromatic N) is 6. The fourth-order valence-electron chi connectivity index (χ4n) is 2.22. The van der Waals surface area contributed by atoms with Crippen LogP contribution in [0.2, 0.25) is 0 Å². The van der Waals surface area contributed by atoms with E-state index in [0.29, 0.717) is 19.2 Å². The molecule has 0 aliphatic rings. The van der Waals surface area contributed by atoms with Crippen molar-refractivity contribution in [2.45, 2.75) is 0 Å². The van der Waals surface area contributed by atoms with Crippen molar-refractivity contribution in [3.8, 4) is 0 Å². The molecule has 4 rings (SSSR count). The Morgan fingerprint density at radius 2 is 0.885 bits per heavy atom. The highest BCUT2D eigenvalue weighted by atomic mass is 16.5. The van der Waals surface area contributed by atoms with Crippen LogP contribution in [0.3, 0.4) is 0 Å². The molecule has 12 heteroatoms. The van der Waals surface area contributed by atoms with E-state index >= 15 is 0 Å². The smallest absolute Gasteiger partial charge is 0.458 e. The summed E-state index contributed by atoms with van der Waals surface area (Å²) in [5, 5.41) is 51.3. The van der Waals surface area contributed by atoms with Crippen molar-refractivity contribution in [1.29, 1.82) is 0 Å². The molecular weight excluding hydrogens is 344 g/mol. The molecule has 4 N–H and O–H groups in total. The molecule has 0 saturated heterocycles. The standard InChI is InChI=1S/2C7H6N4O2/c2*8-7-9-11(13)6-4-2-1-3-5(6)10(7)12/h2*1-4H,(H2,8,9). The van der Waals surface area contributed by atoms with Crippen molar-refractivity contribution in [2.24, 2.45) is 0 Å². The van der Waals surface area contributed by atoms with Crippen LogP contribution in [0, 0.1) is 20.8 Å². The van der Waals surface area contributed by atoms with Gasteiger partial charge >= 0.3 is 11.9 Å². The Morgan fingerprint density at radius 1 is 0.577 bits per heavy atom. The zero-order valence-electron chi connectivity index (χ0n) is 13.1. The van der Waals surface area contributed by atoms with Gasteiger partial charge in [0, 0.05) is 21.8 Å². The lowest BCUT2D eigenvalue weighted by Gasteiger charge is -2.05. The maximum atomic E-state index is 11.3. The fraction of sp³-hybridized carbons (Fsp3) is 0. The SMILES string of the molecule is Nc1n[n+]([O-])c2ccccc2[n+]1[O-].Nc1n[n+]([O-])c2ccccc2[n+]1[O-]. The van der Waals surface area contributed by atoms with Crippen LogP contribution in [0.5, 0.6) is 0 Å². The molecule has 0 saturated carbocycles. The monoisotopic (exact) mass is 356 g/mol. The average molecular weight is 356 g/mol. The predicted octanol–water partition coefficient (Wildman–Crippen LogP) is -1.83. The first kappa shape index (κ1) is 16.6. The minimum atomic E-state index is -0.353. The Morgan fingerprint density at radius 3 is 1.23 bits per heavy atom. The van der Waals surface area contributed by atoms with E-state index in [9.17, 15) is 20.8 Å². The molecule has 12 nitrogen and oxygen atoms in total. The second kappa shape index (κ2) is 6.35. The molecule has 0 unspecified atom stereocenters. The van der Waals surface area contributed by atoms with E-state index < -0.39 is 0 Å². The van der Waals surface area contributed by atoms with E-state index in [1.807, 2.05) is 0 Å². The van der Waals surface area contributed by atoms with E-state index in [1.54, 1.807) is 24.3 Å². The number of fused-ring (bicyclic) bond motifs is 2. The molecule has 4 aromatic rings. The van der Waals surface area contributed by atoms with E-state index in [0.717, 1.165) is 0 Å². The number of aromatic nitrogens is 6. The van der Waals surface area contributed by atoms with Gasteiger partial charge < -0.3 is 20.8 Å². The van der Waals surface area contributed by atoms with E-state index in [4.69, 9.17) is 11.5 Å². The molecule has 2 aromatic carbocycles. The topological polar surface area (TPSA) is 186 Å². The maximum Gasteiger partial charge on any atom is 0.458 e. The van der Waals surface area contributed by atoms with Gasteiger partial charge in [-0.25, -0.2) is 9.46 Å². The van der Waals surface area contributed by atoms with Crippen molar-refractivity contribution in [3.05, 3.63) is 69.4 Å². The molecule has 0 radical (unpaired) electrons. The number of rotatable bonds is 0. The van der Waals surface area contributed by atoms with Crippen LogP contribution in [0.1, 0.15) is 0 Å². The minimum absolute atomic E-state index is 0.201. The fourth-order valence-corrected chi connectivity index (χ4v) is 2.22. The first-order chi connectivity index (χ1) is 12.4.